The Labute approximate surface area is 179 Å². The van der Waals surface area contributed by atoms with Crippen LogP contribution in [0.25, 0.3) is 0 Å². The van der Waals surface area contributed by atoms with Crippen molar-refractivity contribution in [2.45, 2.75) is 57.5 Å². The lowest BCUT2D eigenvalue weighted by atomic mass is 9.88. The van der Waals surface area contributed by atoms with Gasteiger partial charge >= 0.3 is 0 Å². The Bertz CT molecular complexity index is 974. The van der Waals surface area contributed by atoms with Gasteiger partial charge in [0.15, 0.2) is 0 Å². The van der Waals surface area contributed by atoms with Crippen molar-refractivity contribution in [1.82, 2.24) is 9.62 Å². The minimum Gasteiger partial charge on any atom is -0.299 e. The number of rotatable bonds is 9. The molecule has 4 rings (SSSR count). The first-order valence-corrected chi connectivity index (χ1v) is 12.7. The van der Waals surface area contributed by atoms with Crippen molar-refractivity contribution in [1.29, 1.82) is 0 Å². The third kappa shape index (κ3) is 4.76. The smallest absolute Gasteiger partial charge is 0.211 e. The molecule has 30 heavy (non-hydrogen) atoms. The van der Waals surface area contributed by atoms with Gasteiger partial charge in [0, 0.05) is 24.1 Å². The number of benzene rings is 2. The Hall–Kier alpha value is -1.76. The molecular weight excluding hydrogens is 399 g/mol. The average Bonchev–Trinajstić information content (AvgIpc) is 3.01. The van der Waals surface area contributed by atoms with E-state index in [9.17, 15) is 12.8 Å². The van der Waals surface area contributed by atoms with Crippen LogP contribution in [0.5, 0.6) is 0 Å². The van der Waals surface area contributed by atoms with E-state index in [2.05, 4.69) is 33.9 Å². The van der Waals surface area contributed by atoms with Crippen LogP contribution in [-0.4, -0.2) is 38.2 Å². The van der Waals surface area contributed by atoms with E-state index in [0.29, 0.717) is 23.9 Å². The lowest BCUT2D eigenvalue weighted by Crippen LogP contribution is -2.47. The maximum Gasteiger partial charge on any atom is 0.211 e. The van der Waals surface area contributed by atoms with Crippen LogP contribution in [0, 0.1) is 5.82 Å². The van der Waals surface area contributed by atoms with Crippen molar-refractivity contribution in [3.8, 4) is 0 Å². The Kier molecular flexibility index (Phi) is 6.56. The van der Waals surface area contributed by atoms with Crippen molar-refractivity contribution in [2.75, 3.05) is 18.8 Å². The molecule has 0 saturated carbocycles. The van der Waals surface area contributed by atoms with Crippen molar-refractivity contribution in [2.24, 2.45) is 0 Å². The molecule has 2 atom stereocenters. The van der Waals surface area contributed by atoms with Crippen LogP contribution in [-0.2, 0) is 29.4 Å². The maximum atomic E-state index is 14.8. The maximum absolute atomic E-state index is 14.8. The monoisotopic (exact) mass is 430 g/mol. The standard InChI is InChI=1S/C24H31FN2O2S/c1-2-3-12-30(28,29)26-17-20-14-21-19(15-23(20)25)16-24(27-10-7-11-27)22(21)13-18-8-5-4-6-9-18/h4-6,8-9,14-15,22,24,26H,2-3,7,10-13,16-17H2,1H3. The van der Waals surface area contributed by atoms with E-state index < -0.39 is 10.0 Å². The molecule has 1 fully saturated rings. The normalized spacial score (nSPS) is 21.4. The number of nitrogens with zero attached hydrogens (tertiary/aromatic N) is 1. The SMILES string of the molecule is CCCCS(=O)(=O)NCc1cc2c(cc1F)CC(N1CCC1)C2Cc1ccccc1. The van der Waals surface area contributed by atoms with E-state index in [-0.39, 0.29) is 18.1 Å². The summed E-state index contributed by atoms with van der Waals surface area (Å²) in [5.41, 5.74) is 3.98. The summed E-state index contributed by atoms with van der Waals surface area (Å²) in [4.78, 5) is 2.51. The molecule has 1 aliphatic heterocycles. The number of likely N-dealkylation sites (tertiary alicyclic amines) is 1. The molecule has 0 radical (unpaired) electrons. The first kappa shape index (κ1) is 21.5. The van der Waals surface area contributed by atoms with Gasteiger partial charge in [-0.3, -0.25) is 4.90 Å². The van der Waals surface area contributed by atoms with Crippen LogP contribution in [0.4, 0.5) is 4.39 Å². The molecule has 1 N–H and O–H groups in total. The Morgan fingerprint density at radius 2 is 1.93 bits per heavy atom. The van der Waals surface area contributed by atoms with Crippen LogP contribution < -0.4 is 4.72 Å². The van der Waals surface area contributed by atoms with E-state index in [4.69, 9.17) is 0 Å². The lowest BCUT2D eigenvalue weighted by molar-refractivity contribution is 0.106. The van der Waals surface area contributed by atoms with E-state index in [1.165, 1.54) is 17.5 Å². The summed E-state index contributed by atoms with van der Waals surface area (Å²) in [5.74, 6) is 0.0809. The minimum absolute atomic E-state index is 0.0115. The molecule has 1 aliphatic carbocycles. The predicted molar refractivity (Wildman–Crippen MR) is 119 cm³/mol. The molecular formula is C24H31FN2O2S. The molecule has 2 aromatic carbocycles. The highest BCUT2D eigenvalue weighted by Gasteiger charge is 2.38. The highest BCUT2D eigenvalue weighted by Crippen LogP contribution is 2.41. The molecule has 2 aromatic rings. The molecule has 162 valence electrons. The van der Waals surface area contributed by atoms with Crippen molar-refractivity contribution >= 4 is 10.0 Å². The van der Waals surface area contributed by atoms with Gasteiger partial charge in [-0.25, -0.2) is 17.5 Å². The van der Waals surface area contributed by atoms with Crippen molar-refractivity contribution in [3.05, 3.63) is 70.5 Å². The molecule has 0 spiro atoms. The number of halogens is 1. The van der Waals surface area contributed by atoms with Crippen LogP contribution >= 0.6 is 0 Å². The zero-order chi connectivity index (χ0) is 21.1. The summed E-state index contributed by atoms with van der Waals surface area (Å²) in [5, 5.41) is 0. The summed E-state index contributed by atoms with van der Waals surface area (Å²) in [6, 6.07) is 14.4. The van der Waals surface area contributed by atoms with E-state index >= 15 is 0 Å². The quantitative estimate of drug-likeness (QED) is 0.654. The third-order valence-electron chi connectivity index (χ3n) is 6.51. The molecule has 1 saturated heterocycles. The van der Waals surface area contributed by atoms with Crippen LogP contribution in [0.15, 0.2) is 42.5 Å². The van der Waals surface area contributed by atoms with Gasteiger partial charge in [-0.15, -0.1) is 0 Å². The summed E-state index contributed by atoms with van der Waals surface area (Å²) in [7, 11) is -3.38. The number of hydrogen-bond acceptors (Lipinski definition) is 3. The second-order valence-corrected chi connectivity index (χ2v) is 10.5. The number of hydrogen-bond donors (Lipinski definition) is 1. The van der Waals surface area contributed by atoms with E-state index in [0.717, 1.165) is 37.9 Å². The molecule has 0 aromatic heterocycles. The summed E-state index contributed by atoms with van der Waals surface area (Å²) in [6.45, 7) is 4.18. The summed E-state index contributed by atoms with van der Waals surface area (Å²) < 4.78 is 41.7. The van der Waals surface area contributed by atoms with Gasteiger partial charge < -0.3 is 0 Å². The fraction of sp³-hybridized carbons (Fsp3) is 0.500. The van der Waals surface area contributed by atoms with Gasteiger partial charge in [0.25, 0.3) is 0 Å². The zero-order valence-corrected chi connectivity index (χ0v) is 18.4. The Morgan fingerprint density at radius 3 is 2.60 bits per heavy atom. The minimum atomic E-state index is -3.38. The molecule has 2 aliphatic rings. The Balaban J connectivity index is 1.58. The largest absolute Gasteiger partial charge is 0.299 e. The number of nitrogens with one attached hydrogen (secondary N) is 1. The lowest BCUT2D eigenvalue weighted by Gasteiger charge is -2.39. The van der Waals surface area contributed by atoms with Gasteiger partial charge in [-0.1, -0.05) is 49.7 Å². The summed E-state index contributed by atoms with van der Waals surface area (Å²) >= 11 is 0. The van der Waals surface area contributed by atoms with Crippen LogP contribution in [0.1, 0.15) is 54.4 Å². The van der Waals surface area contributed by atoms with Crippen LogP contribution in [0.3, 0.4) is 0 Å². The average molecular weight is 431 g/mol. The second-order valence-electron chi connectivity index (χ2n) is 8.59. The van der Waals surface area contributed by atoms with Crippen molar-refractivity contribution < 1.29 is 12.8 Å². The van der Waals surface area contributed by atoms with Crippen LogP contribution in [0.2, 0.25) is 0 Å². The highest BCUT2D eigenvalue weighted by molar-refractivity contribution is 7.89. The third-order valence-corrected chi connectivity index (χ3v) is 7.92. The number of unbranched alkanes of at least 4 members (excludes halogenated alkanes) is 1. The molecule has 0 amide bonds. The number of fused-ring (bicyclic) bond motifs is 1. The molecule has 0 bridgehead atoms. The zero-order valence-electron chi connectivity index (χ0n) is 17.6. The number of sulfonamides is 1. The Morgan fingerprint density at radius 1 is 1.17 bits per heavy atom. The van der Waals surface area contributed by atoms with Gasteiger partial charge in [0.2, 0.25) is 10.0 Å². The van der Waals surface area contributed by atoms with Gasteiger partial charge in [0.05, 0.1) is 5.75 Å². The summed E-state index contributed by atoms with van der Waals surface area (Å²) in [6.07, 6.45) is 4.43. The molecule has 1 heterocycles. The molecule has 6 heteroatoms. The highest BCUT2D eigenvalue weighted by atomic mass is 32.2. The van der Waals surface area contributed by atoms with E-state index in [1.54, 1.807) is 6.07 Å². The fourth-order valence-electron chi connectivity index (χ4n) is 4.67. The van der Waals surface area contributed by atoms with Gasteiger partial charge in [0.1, 0.15) is 5.82 Å². The van der Waals surface area contributed by atoms with E-state index in [1.807, 2.05) is 19.1 Å². The molecule has 2 unspecified atom stereocenters. The first-order chi connectivity index (χ1) is 14.5. The van der Waals surface area contributed by atoms with Crippen molar-refractivity contribution in [3.63, 3.8) is 0 Å². The fourth-order valence-corrected chi connectivity index (χ4v) is 5.86. The van der Waals surface area contributed by atoms with Gasteiger partial charge in [-0.2, -0.15) is 0 Å². The topological polar surface area (TPSA) is 49.4 Å². The first-order valence-electron chi connectivity index (χ1n) is 11.0. The second kappa shape index (κ2) is 9.16. The molecule has 4 nitrogen and oxygen atoms in total. The predicted octanol–water partition coefficient (Wildman–Crippen LogP) is 4.00. The van der Waals surface area contributed by atoms with Gasteiger partial charge in [-0.05, 0) is 61.5 Å².